The minimum atomic E-state index is 0.00489. The van der Waals surface area contributed by atoms with Crippen LogP contribution in [0.2, 0.25) is 0 Å². The number of carbonyl (C=O) groups is 1. The molecule has 1 fully saturated rings. The number of piperazine rings is 1. The van der Waals surface area contributed by atoms with Crippen LogP contribution in [0.3, 0.4) is 0 Å². The second-order valence-corrected chi connectivity index (χ2v) is 8.77. The number of nitrogens with zero attached hydrogens (tertiary/aromatic N) is 4. The topological polar surface area (TPSA) is 59.4 Å². The van der Waals surface area contributed by atoms with Crippen molar-refractivity contribution in [2.24, 2.45) is 5.10 Å². The van der Waals surface area contributed by atoms with Crippen LogP contribution in [0.1, 0.15) is 22.2 Å². The Balaban J connectivity index is 1.45. The fourth-order valence-corrected chi connectivity index (χ4v) is 5.14. The molecule has 8 heteroatoms. The van der Waals surface area contributed by atoms with Gasteiger partial charge in [0.2, 0.25) is 0 Å². The molecule has 0 spiro atoms. The van der Waals surface area contributed by atoms with Gasteiger partial charge >= 0.3 is 0 Å². The van der Waals surface area contributed by atoms with E-state index in [0.717, 1.165) is 43.2 Å². The molecule has 144 valence electrons. The maximum Gasteiger partial charge on any atom is 0.257 e. The predicted molar refractivity (Wildman–Crippen MR) is 109 cm³/mol. The summed E-state index contributed by atoms with van der Waals surface area (Å²) in [5.74, 6) is 0.0653. The van der Waals surface area contributed by atoms with E-state index in [-0.39, 0.29) is 18.6 Å². The van der Waals surface area contributed by atoms with E-state index in [1.54, 1.807) is 27.7 Å². The maximum atomic E-state index is 13.1. The van der Waals surface area contributed by atoms with E-state index < -0.39 is 0 Å². The van der Waals surface area contributed by atoms with Crippen molar-refractivity contribution in [1.82, 2.24) is 14.8 Å². The van der Waals surface area contributed by atoms with Crippen LogP contribution in [-0.4, -0.2) is 77.4 Å². The Kier molecular flexibility index (Phi) is 5.99. The molecule has 1 saturated heterocycles. The van der Waals surface area contributed by atoms with Crippen LogP contribution in [0.4, 0.5) is 0 Å². The van der Waals surface area contributed by atoms with Gasteiger partial charge in [0.1, 0.15) is 0 Å². The van der Waals surface area contributed by atoms with Crippen molar-refractivity contribution in [2.75, 3.05) is 45.9 Å². The van der Waals surface area contributed by atoms with Crippen LogP contribution in [0.15, 0.2) is 40.1 Å². The Morgan fingerprint density at radius 1 is 1.11 bits per heavy atom. The largest absolute Gasteiger partial charge is 0.395 e. The lowest BCUT2D eigenvalue weighted by molar-refractivity contribution is -0.134. The van der Waals surface area contributed by atoms with Crippen LogP contribution in [0.5, 0.6) is 0 Å². The Morgan fingerprint density at radius 2 is 1.85 bits per heavy atom. The number of hydrazone groups is 1. The molecular formula is C19H24N4O2S2. The van der Waals surface area contributed by atoms with E-state index in [9.17, 15) is 4.79 Å². The van der Waals surface area contributed by atoms with Crippen molar-refractivity contribution in [3.8, 4) is 0 Å². The molecular weight excluding hydrogens is 380 g/mol. The number of β-amino-alcohol motifs (C(OH)–C–C–N with tert-alkyl or cyclic N) is 1. The van der Waals surface area contributed by atoms with E-state index in [4.69, 9.17) is 10.2 Å². The van der Waals surface area contributed by atoms with Crippen molar-refractivity contribution in [3.05, 3.63) is 44.8 Å². The third kappa shape index (κ3) is 4.30. The summed E-state index contributed by atoms with van der Waals surface area (Å²) in [6.07, 6.45) is 0.775. The number of hydrogen-bond donors (Lipinski definition) is 1. The highest BCUT2D eigenvalue weighted by atomic mass is 32.1. The van der Waals surface area contributed by atoms with Crippen molar-refractivity contribution in [3.63, 3.8) is 0 Å². The first kappa shape index (κ1) is 18.8. The summed E-state index contributed by atoms with van der Waals surface area (Å²) < 4.78 is 0. The van der Waals surface area contributed by atoms with E-state index in [0.29, 0.717) is 13.1 Å². The maximum absolute atomic E-state index is 13.1. The summed E-state index contributed by atoms with van der Waals surface area (Å²) in [6.45, 7) is 4.79. The Bertz CT molecular complexity index is 768. The Morgan fingerprint density at radius 3 is 2.52 bits per heavy atom. The van der Waals surface area contributed by atoms with Gasteiger partial charge in [-0.15, -0.1) is 22.7 Å². The molecule has 2 aliphatic rings. The summed E-state index contributed by atoms with van der Waals surface area (Å²) >= 11 is 3.36. The molecule has 1 atom stereocenters. The highest BCUT2D eigenvalue weighted by Crippen LogP contribution is 2.36. The molecule has 6 nitrogen and oxygen atoms in total. The smallest absolute Gasteiger partial charge is 0.257 e. The monoisotopic (exact) mass is 404 g/mol. The fourth-order valence-electron chi connectivity index (χ4n) is 3.61. The first-order chi connectivity index (χ1) is 13.2. The van der Waals surface area contributed by atoms with E-state index >= 15 is 0 Å². The Hall–Kier alpha value is -1.58. The molecule has 0 aromatic carbocycles. The van der Waals surface area contributed by atoms with Gasteiger partial charge in [-0.3, -0.25) is 14.6 Å². The molecule has 0 bridgehead atoms. The number of carbonyl (C=O) groups excluding carboxylic acids is 1. The highest BCUT2D eigenvalue weighted by Gasteiger charge is 2.34. The number of thiophene rings is 2. The van der Waals surface area contributed by atoms with Gasteiger partial charge in [0.25, 0.3) is 5.91 Å². The molecule has 0 saturated carbocycles. The van der Waals surface area contributed by atoms with E-state index in [1.165, 1.54) is 4.88 Å². The SMILES string of the molecule is O=C(CN1CCN(CCO)CC1)N1N=C(c2cccs2)CC1c1cccs1. The summed E-state index contributed by atoms with van der Waals surface area (Å²) in [6, 6.07) is 8.23. The highest BCUT2D eigenvalue weighted by molar-refractivity contribution is 7.12. The minimum Gasteiger partial charge on any atom is -0.395 e. The van der Waals surface area contributed by atoms with Crippen molar-refractivity contribution in [1.29, 1.82) is 0 Å². The standard InChI is InChI=1S/C19H24N4O2S2/c24-10-9-21-5-7-22(8-6-21)14-19(25)23-16(18-4-2-12-27-18)13-15(20-23)17-3-1-11-26-17/h1-4,11-12,16,24H,5-10,13-14H2. The zero-order chi connectivity index (χ0) is 18.6. The molecule has 1 amide bonds. The molecule has 0 radical (unpaired) electrons. The van der Waals surface area contributed by atoms with Crippen LogP contribution in [-0.2, 0) is 4.79 Å². The molecule has 2 aromatic heterocycles. The van der Waals surface area contributed by atoms with Crippen molar-refractivity contribution in [2.45, 2.75) is 12.5 Å². The zero-order valence-corrected chi connectivity index (χ0v) is 16.8. The summed E-state index contributed by atoms with van der Waals surface area (Å²) in [4.78, 5) is 19.8. The third-order valence-electron chi connectivity index (χ3n) is 5.08. The normalized spacial score (nSPS) is 21.6. The Labute approximate surface area is 167 Å². The molecule has 1 unspecified atom stereocenters. The second kappa shape index (κ2) is 8.62. The summed E-state index contributed by atoms with van der Waals surface area (Å²) in [7, 11) is 0. The van der Waals surface area contributed by atoms with Crippen LogP contribution < -0.4 is 0 Å². The van der Waals surface area contributed by atoms with Gasteiger partial charge < -0.3 is 5.11 Å². The van der Waals surface area contributed by atoms with E-state index in [1.807, 2.05) is 17.5 Å². The van der Waals surface area contributed by atoms with Crippen molar-refractivity contribution >= 4 is 34.3 Å². The van der Waals surface area contributed by atoms with Gasteiger partial charge in [-0.25, -0.2) is 5.01 Å². The molecule has 4 heterocycles. The van der Waals surface area contributed by atoms with Gasteiger partial charge in [-0.1, -0.05) is 12.1 Å². The van der Waals surface area contributed by atoms with Gasteiger partial charge in [0, 0.05) is 44.0 Å². The quantitative estimate of drug-likeness (QED) is 0.801. The second-order valence-electron chi connectivity index (χ2n) is 6.84. The lowest BCUT2D eigenvalue weighted by Crippen LogP contribution is -2.50. The first-order valence-corrected chi connectivity index (χ1v) is 11.0. The average molecular weight is 405 g/mol. The fraction of sp³-hybridized carbons (Fsp3) is 0.474. The molecule has 2 aromatic rings. The number of aliphatic hydroxyl groups is 1. The van der Waals surface area contributed by atoms with Crippen molar-refractivity contribution < 1.29 is 9.90 Å². The average Bonchev–Trinajstić information content (AvgIpc) is 3.43. The number of amides is 1. The minimum absolute atomic E-state index is 0.00489. The summed E-state index contributed by atoms with van der Waals surface area (Å²) in [5.41, 5.74) is 1.00. The number of hydrogen-bond acceptors (Lipinski definition) is 7. The van der Waals surface area contributed by atoms with Crippen LogP contribution in [0.25, 0.3) is 0 Å². The first-order valence-electron chi connectivity index (χ1n) is 9.27. The van der Waals surface area contributed by atoms with Gasteiger partial charge in [0.15, 0.2) is 0 Å². The lowest BCUT2D eigenvalue weighted by atomic mass is 10.1. The number of rotatable bonds is 6. The number of aliphatic hydroxyl groups excluding tert-OH is 1. The van der Waals surface area contributed by atoms with E-state index in [2.05, 4.69) is 27.3 Å². The molecule has 0 aliphatic carbocycles. The zero-order valence-electron chi connectivity index (χ0n) is 15.2. The third-order valence-corrected chi connectivity index (χ3v) is 6.98. The molecule has 1 N–H and O–H groups in total. The molecule has 27 heavy (non-hydrogen) atoms. The van der Waals surface area contributed by atoms with Gasteiger partial charge in [-0.2, -0.15) is 5.10 Å². The lowest BCUT2D eigenvalue weighted by Gasteiger charge is -2.34. The predicted octanol–water partition coefficient (Wildman–Crippen LogP) is 2.10. The van der Waals surface area contributed by atoms with Crippen LogP contribution in [0, 0.1) is 0 Å². The van der Waals surface area contributed by atoms with Gasteiger partial charge in [0.05, 0.1) is 29.8 Å². The molecule has 4 rings (SSSR count). The summed E-state index contributed by atoms with van der Waals surface area (Å²) in [5, 5.41) is 19.6. The van der Waals surface area contributed by atoms with Crippen LogP contribution >= 0.6 is 22.7 Å². The molecule has 2 aliphatic heterocycles. The van der Waals surface area contributed by atoms with Gasteiger partial charge in [-0.05, 0) is 22.9 Å².